The number of aromatic carboxylic acids is 1. The maximum atomic E-state index is 11.4. The minimum Gasteiger partial charge on any atom is -0.490 e. The minimum absolute atomic E-state index is 0.0710. The monoisotopic (exact) mass is 344 g/mol. The van der Waals surface area contributed by atoms with Gasteiger partial charge in [-0.3, -0.25) is 0 Å². The van der Waals surface area contributed by atoms with E-state index in [-0.39, 0.29) is 11.3 Å². The lowest BCUT2D eigenvalue weighted by molar-refractivity contribution is -0.143. The van der Waals surface area contributed by atoms with E-state index >= 15 is 0 Å². The number of carbonyl (C=O) groups is 2. The maximum Gasteiger partial charge on any atom is 0.347 e. The second kappa shape index (κ2) is 6.13. The third-order valence-electron chi connectivity index (χ3n) is 2.70. The van der Waals surface area contributed by atoms with Gasteiger partial charge in [0.1, 0.15) is 0 Å². The predicted molar refractivity (Wildman–Crippen MR) is 72.3 cm³/mol. The largest absolute Gasteiger partial charge is 0.490 e. The van der Waals surface area contributed by atoms with Gasteiger partial charge >= 0.3 is 11.9 Å². The van der Waals surface area contributed by atoms with Gasteiger partial charge in [0.05, 0.1) is 23.2 Å². The van der Waals surface area contributed by atoms with Crippen LogP contribution in [0, 0.1) is 0 Å². The topological polar surface area (TPSA) is 82.1 Å². The minimum atomic E-state index is -1.07. The summed E-state index contributed by atoms with van der Waals surface area (Å²) in [6.45, 7) is 2.44. The number of benzene rings is 1. The molecule has 20 heavy (non-hydrogen) atoms. The van der Waals surface area contributed by atoms with Crippen molar-refractivity contribution in [1.82, 2.24) is 0 Å². The van der Waals surface area contributed by atoms with E-state index in [1.165, 1.54) is 12.1 Å². The molecule has 0 bridgehead atoms. The Kier molecular flexibility index (Phi) is 4.49. The van der Waals surface area contributed by atoms with Gasteiger partial charge in [-0.1, -0.05) is 0 Å². The quantitative estimate of drug-likeness (QED) is 0.825. The lowest BCUT2D eigenvalue weighted by atomic mass is 10.2. The Morgan fingerprint density at radius 3 is 2.85 bits per heavy atom. The van der Waals surface area contributed by atoms with E-state index in [0.29, 0.717) is 29.9 Å². The lowest BCUT2D eigenvalue weighted by Crippen LogP contribution is -2.22. The van der Waals surface area contributed by atoms with Crippen LogP contribution in [0.15, 0.2) is 16.6 Å². The molecular weight excluding hydrogens is 332 g/mol. The summed E-state index contributed by atoms with van der Waals surface area (Å²) in [4.78, 5) is 22.5. The molecule has 1 aromatic carbocycles. The lowest BCUT2D eigenvalue weighted by Gasteiger charge is -2.16. The molecule has 1 aliphatic rings. The molecule has 0 radical (unpaired) electrons. The second-order valence-corrected chi connectivity index (χ2v) is 4.94. The third-order valence-corrected chi connectivity index (χ3v) is 3.29. The average Bonchev–Trinajstić information content (AvgIpc) is 2.79. The highest BCUT2D eigenvalue weighted by Crippen LogP contribution is 2.38. The Bertz CT molecular complexity index is 542. The van der Waals surface area contributed by atoms with Crippen LogP contribution in [0.5, 0.6) is 11.5 Å². The van der Waals surface area contributed by atoms with E-state index < -0.39 is 18.0 Å². The summed E-state index contributed by atoms with van der Waals surface area (Å²) in [5.74, 6) is -0.917. The normalized spacial score (nSPS) is 17.7. The summed E-state index contributed by atoms with van der Waals surface area (Å²) in [5.41, 5.74) is 0.0710. The molecule has 1 unspecified atom stereocenters. The van der Waals surface area contributed by atoms with Gasteiger partial charge in [-0.15, -0.1) is 0 Å². The van der Waals surface area contributed by atoms with Crippen LogP contribution in [-0.2, 0) is 9.53 Å². The Hall–Kier alpha value is -1.76. The molecular formula is C13H13BrO6. The van der Waals surface area contributed by atoms with Gasteiger partial charge in [-0.25, -0.2) is 9.59 Å². The molecule has 1 atom stereocenters. The molecule has 1 fully saturated rings. The van der Waals surface area contributed by atoms with E-state index in [9.17, 15) is 9.59 Å². The van der Waals surface area contributed by atoms with Gasteiger partial charge in [0.2, 0.25) is 0 Å². The molecule has 0 aliphatic carbocycles. The zero-order valence-corrected chi connectivity index (χ0v) is 12.3. The molecule has 1 N–H and O–H groups in total. The number of rotatable bonds is 5. The third kappa shape index (κ3) is 3.04. The van der Waals surface area contributed by atoms with Crippen LogP contribution in [0.4, 0.5) is 0 Å². The molecule has 2 rings (SSSR count). The van der Waals surface area contributed by atoms with Gasteiger partial charge in [0.25, 0.3) is 0 Å². The number of cyclic esters (lactones) is 1. The fourth-order valence-corrected chi connectivity index (χ4v) is 2.33. The number of hydrogen-bond donors (Lipinski definition) is 1. The molecule has 0 aromatic heterocycles. The first-order chi connectivity index (χ1) is 9.52. The predicted octanol–water partition coefficient (Wildman–Crippen LogP) is 2.24. The number of carboxylic acids is 1. The average molecular weight is 345 g/mol. The Balaban J connectivity index is 2.34. The van der Waals surface area contributed by atoms with Crippen molar-refractivity contribution in [1.29, 1.82) is 0 Å². The molecule has 1 aromatic rings. The van der Waals surface area contributed by atoms with Crippen molar-refractivity contribution in [2.45, 2.75) is 19.4 Å². The summed E-state index contributed by atoms with van der Waals surface area (Å²) in [7, 11) is 0. The second-order valence-electron chi connectivity index (χ2n) is 4.09. The Morgan fingerprint density at radius 1 is 1.55 bits per heavy atom. The molecule has 0 amide bonds. The fourth-order valence-electron chi connectivity index (χ4n) is 1.80. The molecule has 6 nitrogen and oxygen atoms in total. The van der Waals surface area contributed by atoms with E-state index in [2.05, 4.69) is 15.9 Å². The van der Waals surface area contributed by atoms with E-state index in [0.717, 1.165) is 0 Å². The van der Waals surface area contributed by atoms with Crippen LogP contribution < -0.4 is 9.47 Å². The van der Waals surface area contributed by atoms with Gasteiger partial charge in [0, 0.05) is 6.42 Å². The number of esters is 1. The summed E-state index contributed by atoms with van der Waals surface area (Å²) >= 11 is 3.24. The van der Waals surface area contributed by atoms with Crippen molar-refractivity contribution < 1.29 is 28.9 Å². The SMILES string of the molecule is CCOc1cc(C(=O)O)cc(Br)c1OC1CCOC1=O. The van der Waals surface area contributed by atoms with Crippen LogP contribution in [0.2, 0.25) is 0 Å². The summed E-state index contributed by atoms with van der Waals surface area (Å²) in [6.07, 6.45) is -0.237. The summed E-state index contributed by atoms with van der Waals surface area (Å²) in [6, 6.07) is 2.77. The molecule has 1 saturated heterocycles. The zero-order valence-electron chi connectivity index (χ0n) is 10.7. The molecule has 1 aliphatic heterocycles. The molecule has 108 valence electrons. The van der Waals surface area contributed by atoms with Gasteiger partial charge in [0.15, 0.2) is 17.6 Å². The molecule has 0 spiro atoms. The number of carboxylic acid groups (broad SMARTS) is 1. The first kappa shape index (κ1) is 14.6. The van der Waals surface area contributed by atoms with Crippen LogP contribution in [-0.4, -0.2) is 36.4 Å². The number of carbonyl (C=O) groups excluding carboxylic acids is 1. The number of hydrogen-bond acceptors (Lipinski definition) is 5. The van der Waals surface area contributed by atoms with E-state index in [1.807, 2.05) is 0 Å². The Morgan fingerprint density at radius 2 is 2.30 bits per heavy atom. The standard InChI is InChI=1S/C13H13BrO6/c1-2-18-10-6-7(12(15)16)5-8(14)11(10)20-9-3-4-19-13(9)17/h5-6,9H,2-4H2,1H3,(H,15,16). The van der Waals surface area contributed by atoms with Gasteiger partial charge in [-0.2, -0.15) is 0 Å². The van der Waals surface area contributed by atoms with Crippen molar-refractivity contribution in [3.8, 4) is 11.5 Å². The van der Waals surface area contributed by atoms with Crippen molar-refractivity contribution in [2.24, 2.45) is 0 Å². The highest BCUT2D eigenvalue weighted by atomic mass is 79.9. The van der Waals surface area contributed by atoms with Crippen molar-refractivity contribution in [3.63, 3.8) is 0 Å². The Labute approximate surface area is 123 Å². The highest BCUT2D eigenvalue weighted by Gasteiger charge is 2.30. The maximum absolute atomic E-state index is 11.4. The van der Waals surface area contributed by atoms with Crippen LogP contribution in [0.1, 0.15) is 23.7 Å². The summed E-state index contributed by atoms with van der Waals surface area (Å²) in [5, 5.41) is 9.03. The van der Waals surface area contributed by atoms with Crippen molar-refractivity contribution in [2.75, 3.05) is 13.2 Å². The van der Waals surface area contributed by atoms with Gasteiger partial charge < -0.3 is 19.3 Å². The fraction of sp³-hybridized carbons (Fsp3) is 0.385. The van der Waals surface area contributed by atoms with Crippen molar-refractivity contribution >= 4 is 27.9 Å². The number of ether oxygens (including phenoxy) is 3. The first-order valence-corrected chi connectivity index (χ1v) is 6.85. The smallest absolute Gasteiger partial charge is 0.347 e. The van der Waals surface area contributed by atoms with Crippen LogP contribution in [0.3, 0.4) is 0 Å². The van der Waals surface area contributed by atoms with E-state index in [4.69, 9.17) is 19.3 Å². The van der Waals surface area contributed by atoms with Gasteiger partial charge in [-0.05, 0) is 35.0 Å². The summed E-state index contributed by atoms with van der Waals surface area (Å²) < 4.78 is 16.2. The molecule has 7 heteroatoms. The highest BCUT2D eigenvalue weighted by molar-refractivity contribution is 9.10. The van der Waals surface area contributed by atoms with E-state index in [1.54, 1.807) is 6.92 Å². The molecule has 1 heterocycles. The number of halogens is 1. The zero-order chi connectivity index (χ0) is 14.7. The van der Waals surface area contributed by atoms with Crippen molar-refractivity contribution in [3.05, 3.63) is 22.2 Å². The molecule has 0 saturated carbocycles. The van der Waals surface area contributed by atoms with Crippen LogP contribution in [0.25, 0.3) is 0 Å². The first-order valence-electron chi connectivity index (χ1n) is 6.05. The van der Waals surface area contributed by atoms with Crippen LogP contribution >= 0.6 is 15.9 Å².